The van der Waals surface area contributed by atoms with Crippen molar-refractivity contribution in [2.24, 2.45) is 0 Å². The van der Waals surface area contributed by atoms with Crippen molar-refractivity contribution in [3.05, 3.63) is 64.1 Å². The molecule has 0 saturated heterocycles. The molecule has 152 valence electrons. The number of hydrogen-bond acceptors (Lipinski definition) is 5. The number of carbonyl (C=O) groups excluding carboxylic acids is 1. The van der Waals surface area contributed by atoms with Crippen LogP contribution in [0.5, 0.6) is 0 Å². The first-order valence-corrected chi connectivity index (χ1v) is 12.0. The Balaban J connectivity index is 1.43. The molecular weight excluding hydrogens is 400 g/mol. The summed E-state index contributed by atoms with van der Waals surface area (Å²) < 4.78 is 2.24. The van der Waals surface area contributed by atoms with Crippen molar-refractivity contribution < 1.29 is 4.79 Å². The monoisotopic (exact) mass is 426 g/mol. The Kier molecular flexibility index (Phi) is 6.67. The number of rotatable bonds is 7. The number of nitrogens with zero attached hydrogens (tertiary/aromatic N) is 3. The minimum Gasteiger partial charge on any atom is -0.344 e. The molecule has 1 unspecified atom stereocenters. The van der Waals surface area contributed by atoms with Gasteiger partial charge in [0, 0.05) is 10.9 Å². The second-order valence-corrected chi connectivity index (χ2v) is 9.33. The third kappa shape index (κ3) is 4.90. The van der Waals surface area contributed by atoms with E-state index in [1.54, 1.807) is 11.3 Å². The predicted molar refractivity (Wildman–Crippen MR) is 118 cm³/mol. The summed E-state index contributed by atoms with van der Waals surface area (Å²) in [5.41, 5.74) is 1.09. The van der Waals surface area contributed by atoms with Crippen LogP contribution >= 0.6 is 23.1 Å². The van der Waals surface area contributed by atoms with Gasteiger partial charge in [-0.05, 0) is 36.8 Å². The number of benzene rings is 1. The van der Waals surface area contributed by atoms with E-state index in [-0.39, 0.29) is 11.9 Å². The highest BCUT2D eigenvalue weighted by atomic mass is 32.2. The lowest BCUT2D eigenvalue weighted by atomic mass is 9.95. The van der Waals surface area contributed by atoms with E-state index in [0.717, 1.165) is 21.4 Å². The fourth-order valence-corrected chi connectivity index (χ4v) is 5.63. The van der Waals surface area contributed by atoms with E-state index >= 15 is 0 Å². The highest BCUT2D eigenvalue weighted by molar-refractivity contribution is 7.99. The van der Waals surface area contributed by atoms with E-state index < -0.39 is 0 Å². The summed E-state index contributed by atoms with van der Waals surface area (Å²) in [4.78, 5) is 13.9. The minimum atomic E-state index is -0.123. The van der Waals surface area contributed by atoms with Gasteiger partial charge in [-0.25, -0.2) is 0 Å². The number of aryl methyl sites for hydroxylation is 1. The van der Waals surface area contributed by atoms with E-state index in [2.05, 4.69) is 38.3 Å². The molecule has 1 amide bonds. The molecule has 5 nitrogen and oxygen atoms in total. The first kappa shape index (κ1) is 20.2. The van der Waals surface area contributed by atoms with Crippen LogP contribution < -0.4 is 5.32 Å². The van der Waals surface area contributed by atoms with Crippen molar-refractivity contribution >= 4 is 29.0 Å². The number of hydrogen-bond donors (Lipinski definition) is 1. The lowest BCUT2D eigenvalue weighted by Gasteiger charge is -2.25. The van der Waals surface area contributed by atoms with Crippen LogP contribution in [0, 0.1) is 6.92 Å². The number of aromatic nitrogens is 3. The predicted octanol–water partition coefficient (Wildman–Crippen LogP) is 5.15. The average molecular weight is 427 g/mol. The summed E-state index contributed by atoms with van der Waals surface area (Å²) in [5, 5.41) is 14.7. The zero-order valence-corrected chi connectivity index (χ0v) is 18.2. The maximum atomic E-state index is 12.8. The quantitative estimate of drug-likeness (QED) is 0.531. The number of thioether (sulfide) groups is 1. The fourth-order valence-electron chi connectivity index (χ4n) is 3.96. The van der Waals surface area contributed by atoms with Crippen LogP contribution in [0.15, 0.2) is 53.0 Å². The van der Waals surface area contributed by atoms with Crippen molar-refractivity contribution in [2.45, 2.75) is 56.3 Å². The Morgan fingerprint density at radius 1 is 1.17 bits per heavy atom. The third-order valence-electron chi connectivity index (χ3n) is 5.37. The van der Waals surface area contributed by atoms with Gasteiger partial charge in [-0.15, -0.1) is 21.5 Å². The van der Waals surface area contributed by atoms with Crippen LogP contribution in [0.1, 0.15) is 60.5 Å². The van der Waals surface area contributed by atoms with E-state index in [1.807, 2.05) is 36.6 Å². The van der Waals surface area contributed by atoms with Gasteiger partial charge in [-0.2, -0.15) is 0 Å². The van der Waals surface area contributed by atoms with Gasteiger partial charge in [0.15, 0.2) is 5.16 Å². The highest BCUT2D eigenvalue weighted by Gasteiger charge is 2.23. The summed E-state index contributed by atoms with van der Waals surface area (Å²) in [7, 11) is 0. The Labute approximate surface area is 179 Å². The van der Waals surface area contributed by atoms with Crippen molar-refractivity contribution in [1.29, 1.82) is 0 Å². The SMILES string of the molecule is Cc1nnc(SCC(=O)NC(c2ccccc2)c2cccs2)n1C1CCCCC1. The van der Waals surface area contributed by atoms with Crippen LogP contribution in [0.3, 0.4) is 0 Å². The van der Waals surface area contributed by atoms with Crippen LogP contribution in [0.25, 0.3) is 0 Å². The molecular formula is C22H26N4OS2. The fraction of sp³-hybridized carbons (Fsp3) is 0.409. The van der Waals surface area contributed by atoms with Gasteiger partial charge < -0.3 is 9.88 Å². The molecule has 1 atom stereocenters. The van der Waals surface area contributed by atoms with Crippen LogP contribution in [0.4, 0.5) is 0 Å². The summed E-state index contributed by atoms with van der Waals surface area (Å²) in [6, 6.07) is 14.5. The normalized spacial score (nSPS) is 15.9. The highest BCUT2D eigenvalue weighted by Crippen LogP contribution is 2.32. The molecule has 3 aromatic rings. The number of nitrogens with one attached hydrogen (secondary N) is 1. The second-order valence-electron chi connectivity index (χ2n) is 7.41. The number of carbonyl (C=O) groups is 1. The molecule has 1 aliphatic rings. The number of thiophene rings is 1. The van der Waals surface area contributed by atoms with Gasteiger partial charge in [0.2, 0.25) is 5.91 Å². The Morgan fingerprint density at radius 3 is 2.69 bits per heavy atom. The maximum Gasteiger partial charge on any atom is 0.231 e. The molecule has 1 aromatic carbocycles. The first-order chi connectivity index (χ1) is 14.2. The number of amides is 1. The van der Waals surface area contributed by atoms with Crippen molar-refractivity contribution in [1.82, 2.24) is 20.1 Å². The van der Waals surface area contributed by atoms with Crippen molar-refractivity contribution in [3.8, 4) is 0 Å². The summed E-state index contributed by atoms with van der Waals surface area (Å²) in [6.45, 7) is 2.01. The van der Waals surface area contributed by atoms with Crippen molar-refractivity contribution in [3.63, 3.8) is 0 Å². The summed E-state index contributed by atoms with van der Waals surface area (Å²) in [5.74, 6) is 1.29. The molecule has 1 fully saturated rings. The lowest BCUT2D eigenvalue weighted by Crippen LogP contribution is -2.30. The van der Waals surface area contributed by atoms with E-state index in [1.165, 1.54) is 43.9 Å². The van der Waals surface area contributed by atoms with Crippen LogP contribution in [-0.2, 0) is 4.79 Å². The molecule has 0 radical (unpaired) electrons. The van der Waals surface area contributed by atoms with Crippen LogP contribution in [0.2, 0.25) is 0 Å². The molecule has 0 bridgehead atoms. The Hall–Kier alpha value is -2.12. The van der Waals surface area contributed by atoms with E-state index in [9.17, 15) is 4.79 Å². The summed E-state index contributed by atoms with van der Waals surface area (Å²) >= 11 is 3.14. The summed E-state index contributed by atoms with van der Waals surface area (Å²) in [6.07, 6.45) is 6.17. The zero-order chi connectivity index (χ0) is 20.1. The molecule has 4 rings (SSSR count). The lowest BCUT2D eigenvalue weighted by molar-refractivity contribution is -0.119. The third-order valence-corrected chi connectivity index (χ3v) is 7.25. The minimum absolute atomic E-state index is 0.00750. The van der Waals surface area contributed by atoms with E-state index in [0.29, 0.717) is 11.8 Å². The van der Waals surface area contributed by atoms with Gasteiger partial charge in [-0.3, -0.25) is 4.79 Å². The zero-order valence-electron chi connectivity index (χ0n) is 16.6. The molecule has 0 aliphatic heterocycles. The molecule has 0 spiro atoms. The average Bonchev–Trinajstić information content (AvgIpc) is 3.42. The topological polar surface area (TPSA) is 59.8 Å². The molecule has 1 saturated carbocycles. The molecule has 2 aromatic heterocycles. The van der Waals surface area contributed by atoms with E-state index in [4.69, 9.17) is 0 Å². The van der Waals surface area contributed by atoms with Crippen molar-refractivity contribution in [2.75, 3.05) is 5.75 Å². The Morgan fingerprint density at radius 2 is 1.97 bits per heavy atom. The van der Waals surface area contributed by atoms with Gasteiger partial charge in [0.05, 0.1) is 11.8 Å². The maximum absolute atomic E-state index is 12.8. The standard InChI is InChI=1S/C22H26N4OS2/c1-16-24-25-22(26(16)18-11-6-3-7-12-18)29-15-20(27)23-21(19-13-8-14-28-19)17-9-4-2-5-10-17/h2,4-5,8-10,13-14,18,21H,3,6-7,11-12,15H2,1H3,(H,23,27). The molecule has 29 heavy (non-hydrogen) atoms. The van der Waals surface area contributed by atoms with Crippen LogP contribution in [-0.4, -0.2) is 26.4 Å². The Bertz CT molecular complexity index is 918. The van der Waals surface area contributed by atoms with Gasteiger partial charge in [0.1, 0.15) is 5.82 Å². The largest absolute Gasteiger partial charge is 0.344 e. The molecule has 1 aliphatic carbocycles. The smallest absolute Gasteiger partial charge is 0.231 e. The van der Waals surface area contributed by atoms with Gasteiger partial charge >= 0.3 is 0 Å². The molecule has 1 N–H and O–H groups in total. The van der Waals surface area contributed by atoms with Gasteiger partial charge in [-0.1, -0.05) is 67.4 Å². The molecule has 2 heterocycles. The second kappa shape index (κ2) is 9.59. The first-order valence-electron chi connectivity index (χ1n) is 10.1. The molecule has 7 heteroatoms. The van der Waals surface area contributed by atoms with Gasteiger partial charge in [0.25, 0.3) is 0 Å².